The largest absolute Gasteiger partial charge is 0.378 e. The molecule has 178 valence electrons. The van der Waals surface area contributed by atoms with E-state index in [0.717, 1.165) is 41.2 Å². The van der Waals surface area contributed by atoms with E-state index in [4.69, 9.17) is 9.72 Å². The molecule has 6 rings (SSSR count). The lowest BCUT2D eigenvalue weighted by Gasteiger charge is -2.35. The lowest BCUT2D eigenvalue weighted by Crippen LogP contribution is -2.51. The molecule has 0 bridgehead atoms. The molecule has 5 heterocycles. The summed E-state index contributed by atoms with van der Waals surface area (Å²) in [5.74, 6) is 0.885. The lowest BCUT2D eigenvalue weighted by atomic mass is 9.83. The quantitative estimate of drug-likeness (QED) is 0.439. The van der Waals surface area contributed by atoms with Crippen LogP contribution in [-0.4, -0.2) is 49.9 Å². The summed E-state index contributed by atoms with van der Waals surface area (Å²) in [6, 6.07) is 5.66. The zero-order valence-corrected chi connectivity index (χ0v) is 20.6. The average Bonchev–Trinajstić information content (AvgIpc) is 3.43. The Morgan fingerprint density at radius 1 is 1.06 bits per heavy atom. The number of ether oxygens (including phenoxy) is 1. The van der Waals surface area contributed by atoms with E-state index >= 15 is 0 Å². The van der Waals surface area contributed by atoms with Crippen LogP contribution in [0.4, 0.5) is 0 Å². The van der Waals surface area contributed by atoms with Gasteiger partial charge in [0.1, 0.15) is 6.33 Å². The molecule has 1 saturated heterocycles. The minimum atomic E-state index is 0.349. The molecule has 0 amide bonds. The molecule has 1 saturated carbocycles. The molecule has 4 aromatic heterocycles. The van der Waals surface area contributed by atoms with Gasteiger partial charge in [0.2, 0.25) is 0 Å². The molecular weight excluding hydrogens is 424 g/mol. The van der Waals surface area contributed by atoms with E-state index < -0.39 is 0 Å². The topological polar surface area (TPSA) is 80.1 Å². The van der Waals surface area contributed by atoms with Crippen LogP contribution in [0.3, 0.4) is 0 Å². The smallest absolute Gasteiger partial charge is 0.158 e. The normalized spacial score (nSPS) is 21.6. The zero-order chi connectivity index (χ0) is 23.4. The monoisotopic (exact) mass is 458 g/mol. The molecule has 2 N–H and O–H groups in total. The molecule has 7 heteroatoms. The van der Waals surface area contributed by atoms with Gasteiger partial charge in [0.15, 0.2) is 5.65 Å². The molecule has 7 nitrogen and oxygen atoms in total. The number of H-pyrrole nitrogens is 1. The van der Waals surface area contributed by atoms with Gasteiger partial charge in [-0.1, -0.05) is 13.8 Å². The van der Waals surface area contributed by atoms with Crippen LogP contribution in [-0.2, 0) is 4.74 Å². The highest BCUT2D eigenvalue weighted by Gasteiger charge is 2.28. The van der Waals surface area contributed by atoms with Crippen LogP contribution in [0.5, 0.6) is 0 Å². The highest BCUT2D eigenvalue weighted by Crippen LogP contribution is 2.39. The number of rotatable bonds is 5. The molecule has 0 radical (unpaired) electrons. The fraction of sp³-hybridized carbons (Fsp3) is 0.519. The first kappa shape index (κ1) is 21.7. The summed E-state index contributed by atoms with van der Waals surface area (Å²) in [5.41, 5.74) is 10.4. The van der Waals surface area contributed by atoms with Gasteiger partial charge >= 0.3 is 0 Å². The third-order valence-electron chi connectivity index (χ3n) is 7.93. The fourth-order valence-corrected chi connectivity index (χ4v) is 5.78. The lowest BCUT2D eigenvalue weighted by molar-refractivity contribution is -0.0121. The molecule has 0 spiro atoms. The number of aryl methyl sites for hydroxylation is 1. The highest BCUT2D eigenvalue weighted by molar-refractivity contribution is 5.89. The van der Waals surface area contributed by atoms with Gasteiger partial charge in [-0.3, -0.25) is 4.98 Å². The maximum absolute atomic E-state index is 5.32. The third-order valence-corrected chi connectivity index (χ3v) is 7.93. The molecule has 1 aliphatic carbocycles. The number of hydrogen-bond donors (Lipinski definition) is 2. The van der Waals surface area contributed by atoms with Gasteiger partial charge in [-0.15, -0.1) is 0 Å². The molecule has 34 heavy (non-hydrogen) atoms. The van der Waals surface area contributed by atoms with Crippen molar-refractivity contribution in [3.05, 3.63) is 47.0 Å². The number of pyridine rings is 2. The van der Waals surface area contributed by atoms with Crippen LogP contribution >= 0.6 is 0 Å². The first-order valence-corrected chi connectivity index (χ1v) is 12.7. The Kier molecular flexibility index (Phi) is 5.41. The Hall–Kier alpha value is -2.77. The Morgan fingerprint density at radius 3 is 2.56 bits per heavy atom. The first-order chi connectivity index (χ1) is 16.5. The van der Waals surface area contributed by atoms with Crippen LogP contribution in [0.25, 0.3) is 27.9 Å². The molecule has 0 atom stereocenters. The van der Waals surface area contributed by atoms with E-state index in [-0.39, 0.29) is 0 Å². The molecular formula is C27H34N6O. The fourth-order valence-electron chi connectivity index (χ4n) is 5.78. The van der Waals surface area contributed by atoms with Crippen LogP contribution < -0.4 is 5.32 Å². The Balaban J connectivity index is 1.35. The van der Waals surface area contributed by atoms with Crippen molar-refractivity contribution in [1.29, 1.82) is 0 Å². The van der Waals surface area contributed by atoms with Gasteiger partial charge < -0.3 is 15.0 Å². The number of aromatic amines is 1. The Labute approximate surface area is 200 Å². The van der Waals surface area contributed by atoms with Crippen molar-refractivity contribution < 1.29 is 4.74 Å². The van der Waals surface area contributed by atoms with E-state index in [9.17, 15) is 0 Å². The van der Waals surface area contributed by atoms with E-state index in [1.807, 2.05) is 4.52 Å². The molecule has 1 aliphatic heterocycles. The molecule has 2 aliphatic rings. The first-order valence-electron chi connectivity index (χ1n) is 12.7. The van der Waals surface area contributed by atoms with Crippen molar-refractivity contribution in [3.8, 4) is 11.3 Å². The number of nitrogens with one attached hydrogen (secondary N) is 2. The predicted molar refractivity (Wildman–Crippen MR) is 134 cm³/mol. The summed E-state index contributed by atoms with van der Waals surface area (Å²) in [4.78, 5) is 13.4. The number of nitrogens with zero attached hydrogens (tertiary/aromatic N) is 4. The van der Waals surface area contributed by atoms with Crippen molar-refractivity contribution in [3.63, 3.8) is 0 Å². The molecule has 0 aromatic carbocycles. The molecule has 4 aromatic rings. The van der Waals surface area contributed by atoms with E-state index in [1.165, 1.54) is 48.1 Å². The van der Waals surface area contributed by atoms with Crippen molar-refractivity contribution >= 4 is 16.7 Å². The minimum Gasteiger partial charge on any atom is -0.378 e. The standard InChI is InChI=1S/C27H34N6O/c1-15(2)24-25(21-11-33-27(28-14-29-33)17(4)16(21)3)32-23-10-9-22(31-26(23)24)18-5-7-19(8-6-18)30-20-12-34-13-20/h9-11,14-15,18-20,30,32H,5-8,12-13H2,1-4H3. The predicted octanol–water partition coefficient (Wildman–Crippen LogP) is 5.03. The summed E-state index contributed by atoms with van der Waals surface area (Å²) >= 11 is 0. The second-order valence-corrected chi connectivity index (χ2v) is 10.5. The van der Waals surface area contributed by atoms with Crippen molar-refractivity contribution in [2.24, 2.45) is 0 Å². The second kappa shape index (κ2) is 8.47. The summed E-state index contributed by atoms with van der Waals surface area (Å²) in [6.07, 6.45) is 8.54. The van der Waals surface area contributed by atoms with Gasteiger partial charge in [-0.25, -0.2) is 9.50 Å². The Bertz CT molecular complexity index is 1340. The van der Waals surface area contributed by atoms with Crippen LogP contribution in [0, 0.1) is 13.8 Å². The van der Waals surface area contributed by atoms with Crippen LogP contribution in [0.1, 0.15) is 73.8 Å². The van der Waals surface area contributed by atoms with Crippen LogP contribution in [0.2, 0.25) is 0 Å². The summed E-state index contributed by atoms with van der Waals surface area (Å²) < 4.78 is 7.20. The van der Waals surface area contributed by atoms with Crippen molar-refractivity contribution in [2.75, 3.05) is 13.2 Å². The van der Waals surface area contributed by atoms with E-state index in [2.05, 4.69) is 66.4 Å². The number of aromatic nitrogens is 5. The van der Waals surface area contributed by atoms with Crippen molar-refractivity contribution in [2.45, 2.75) is 77.3 Å². The van der Waals surface area contributed by atoms with Gasteiger partial charge in [-0.2, -0.15) is 5.10 Å². The van der Waals surface area contributed by atoms with Crippen LogP contribution in [0.15, 0.2) is 24.7 Å². The second-order valence-electron chi connectivity index (χ2n) is 10.5. The SMILES string of the molecule is Cc1c(-c2[nH]c3ccc(C4CCC(NC5COC5)CC4)nc3c2C(C)C)cn2ncnc2c1C. The van der Waals surface area contributed by atoms with E-state index in [0.29, 0.717) is 23.9 Å². The van der Waals surface area contributed by atoms with E-state index in [1.54, 1.807) is 6.33 Å². The third kappa shape index (κ3) is 3.62. The van der Waals surface area contributed by atoms with Gasteiger partial charge in [0.25, 0.3) is 0 Å². The van der Waals surface area contributed by atoms with Gasteiger partial charge in [-0.05, 0) is 68.7 Å². The summed E-state index contributed by atoms with van der Waals surface area (Å²) in [5, 5.41) is 8.17. The summed E-state index contributed by atoms with van der Waals surface area (Å²) in [6.45, 7) is 10.6. The highest BCUT2D eigenvalue weighted by atomic mass is 16.5. The maximum atomic E-state index is 5.32. The zero-order valence-electron chi connectivity index (χ0n) is 20.6. The van der Waals surface area contributed by atoms with Crippen molar-refractivity contribution in [1.82, 2.24) is 29.9 Å². The summed E-state index contributed by atoms with van der Waals surface area (Å²) in [7, 11) is 0. The number of hydrogen-bond acceptors (Lipinski definition) is 5. The van der Waals surface area contributed by atoms with Gasteiger partial charge in [0.05, 0.1) is 36.0 Å². The molecule has 0 unspecified atom stereocenters. The average molecular weight is 459 g/mol. The number of fused-ring (bicyclic) bond motifs is 2. The minimum absolute atomic E-state index is 0.349. The maximum Gasteiger partial charge on any atom is 0.158 e. The van der Waals surface area contributed by atoms with Gasteiger partial charge in [0, 0.05) is 35.0 Å². The molecule has 2 fully saturated rings. The Morgan fingerprint density at radius 2 is 1.85 bits per heavy atom.